The molecule has 1 aromatic carbocycles. The standard InChI is InChI=1S/C12H11N3S/c1-8-3-2-4-9(7-8)10-11(13)15-5-6-16-12(15)14-10/h2-7H,13H2,1H3. The van der Waals surface area contributed by atoms with Gasteiger partial charge >= 0.3 is 0 Å². The van der Waals surface area contributed by atoms with Gasteiger partial charge in [-0.1, -0.05) is 23.8 Å². The van der Waals surface area contributed by atoms with Gasteiger partial charge < -0.3 is 5.73 Å². The lowest BCUT2D eigenvalue weighted by Crippen LogP contribution is -1.92. The SMILES string of the molecule is Cc1cccc(-c2nc3sccn3c2N)c1. The third-order valence-electron chi connectivity index (χ3n) is 2.59. The van der Waals surface area contributed by atoms with Crippen molar-refractivity contribution in [2.45, 2.75) is 6.92 Å². The molecule has 80 valence electrons. The Morgan fingerprint density at radius 1 is 1.38 bits per heavy atom. The zero-order valence-corrected chi connectivity index (χ0v) is 9.66. The second-order valence-corrected chi connectivity index (χ2v) is 4.64. The molecule has 3 nitrogen and oxygen atoms in total. The summed E-state index contributed by atoms with van der Waals surface area (Å²) in [5.41, 5.74) is 9.24. The van der Waals surface area contributed by atoms with Crippen LogP contribution in [0.1, 0.15) is 5.56 Å². The maximum absolute atomic E-state index is 6.07. The molecular weight excluding hydrogens is 218 g/mol. The number of thiazole rings is 1. The van der Waals surface area contributed by atoms with Crippen molar-refractivity contribution in [2.24, 2.45) is 0 Å². The van der Waals surface area contributed by atoms with Crippen molar-refractivity contribution in [1.82, 2.24) is 9.38 Å². The molecule has 0 atom stereocenters. The van der Waals surface area contributed by atoms with Crippen molar-refractivity contribution in [2.75, 3.05) is 5.73 Å². The number of benzene rings is 1. The molecule has 0 spiro atoms. The summed E-state index contributed by atoms with van der Waals surface area (Å²) in [5.74, 6) is 0.710. The Morgan fingerprint density at radius 3 is 3.00 bits per heavy atom. The minimum absolute atomic E-state index is 0.710. The second kappa shape index (κ2) is 3.35. The van der Waals surface area contributed by atoms with Gasteiger partial charge in [0, 0.05) is 17.1 Å². The topological polar surface area (TPSA) is 43.3 Å². The van der Waals surface area contributed by atoms with E-state index in [2.05, 4.69) is 24.0 Å². The van der Waals surface area contributed by atoms with Crippen LogP contribution in [-0.4, -0.2) is 9.38 Å². The maximum Gasteiger partial charge on any atom is 0.195 e. The van der Waals surface area contributed by atoms with Crippen molar-refractivity contribution in [1.29, 1.82) is 0 Å². The molecule has 0 unspecified atom stereocenters. The molecule has 0 aliphatic carbocycles. The summed E-state index contributed by atoms with van der Waals surface area (Å²) < 4.78 is 1.92. The van der Waals surface area contributed by atoms with Gasteiger partial charge in [0.1, 0.15) is 11.5 Å². The highest BCUT2D eigenvalue weighted by molar-refractivity contribution is 7.15. The number of aromatic nitrogens is 2. The van der Waals surface area contributed by atoms with Crippen LogP contribution in [0.4, 0.5) is 5.82 Å². The fraction of sp³-hybridized carbons (Fsp3) is 0.0833. The van der Waals surface area contributed by atoms with E-state index >= 15 is 0 Å². The monoisotopic (exact) mass is 229 g/mol. The van der Waals surface area contributed by atoms with Crippen LogP contribution in [0.25, 0.3) is 16.2 Å². The zero-order chi connectivity index (χ0) is 11.1. The first-order valence-corrected chi connectivity index (χ1v) is 5.92. The van der Waals surface area contributed by atoms with Gasteiger partial charge in [0.25, 0.3) is 0 Å². The Kier molecular flexibility index (Phi) is 1.97. The van der Waals surface area contributed by atoms with Crippen LogP contribution in [0.15, 0.2) is 35.8 Å². The van der Waals surface area contributed by atoms with E-state index in [1.807, 2.05) is 28.1 Å². The third kappa shape index (κ3) is 1.31. The first-order valence-electron chi connectivity index (χ1n) is 5.04. The molecule has 0 aliphatic heterocycles. The predicted octanol–water partition coefficient (Wildman–Crippen LogP) is 2.95. The molecule has 4 heteroatoms. The lowest BCUT2D eigenvalue weighted by Gasteiger charge is -2.00. The van der Waals surface area contributed by atoms with E-state index in [9.17, 15) is 0 Å². The van der Waals surface area contributed by atoms with E-state index in [4.69, 9.17) is 5.73 Å². The average molecular weight is 229 g/mol. The van der Waals surface area contributed by atoms with Crippen LogP contribution in [0.2, 0.25) is 0 Å². The molecule has 0 saturated carbocycles. The van der Waals surface area contributed by atoms with E-state index in [0.29, 0.717) is 5.82 Å². The quantitative estimate of drug-likeness (QED) is 0.697. The first-order chi connectivity index (χ1) is 7.75. The lowest BCUT2D eigenvalue weighted by atomic mass is 10.1. The van der Waals surface area contributed by atoms with Crippen molar-refractivity contribution < 1.29 is 0 Å². The summed E-state index contributed by atoms with van der Waals surface area (Å²) >= 11 is 1.59. The van der Waals surface area contributed by atoms with Gasteiger partial charge in [-0.25, -0.2) is 4.98 Å². The Bertz CT molecular complexity index is 651. The molecule has 0 bridgehead atoms. The number of fused-ring (bicyclic) bond motifs is 1. The van der Waals surface area contributed by atoms with Gasteiger partial charge in [0.2, 0.25) is 0 Å². The zero-order valence-electron chi connectivity index (χ0n) is 8.84. The summed E-state index contributed by atoms with van der Waals surface area (Å²) in [5, 5.41) is 1.98. The molecule has 2 heterocycles. The highest BCUT2D eigenvalue weighted by Gasteiger charge is 2.11. The number of hydrogen-bond donors (Lipinski definition) is 1. The van der Waals surface area contributed by atoms with E-state index in [1.54, 1.807) is 11.3 Å². The van der Waals surface area contributed by atoms with Gasteiger partial charge in [-0.2, -0.15) is 0 Å². The number of nitrogens with two attached hydrogens (primary N) is 1. The Labute approximate surface area is 97.2 Å². The normalized spacial score (nSPS) is 11.1. The van der Waals surface area contributed by atoms with Crippen LogP contribution in [0.3, 0.4) is 0 Å². The van der Waals surface area contributed by atoms with Gasteiger partial charge in [0.05, 0.1) is 0 Å². The summed E-state index contributed by atoms with van der Waals surface area (Å²) in [6, 6.07) is 8.23. The number of imidazole rings is 1. The Hall–Kier alpha value is -1.81. The number of hydrogen-bond acceptors (Lipinski definition) is 3. The second-order valence-electron chi connectivity index (χ2n) is 3.77. The summed E-state index contributed by atoms with van der Waals surface area (Å²) in [7, 11) is 0. The molecule has 3 aromatic rings. The molecule has 0 radical (unpaired) electrons. The van der Waals surface area contributed by atoms with Gasteiger partial charge in [0.15, 0.2) is 4.96 Å². The fourth-order valence-corrected chi connectivity index (χ4v) is 2.53. The van der Waals surface area contributed by atoms with E-state index in [-0.39, 0.29) is 0 Å². The minimum Gasteiger partial charge on any atom is -0.383 e. The van der Waals surface area contributed by atoms with Crippen LogP contribution < -0.4 is 5.73 Å². The van der Waals surface area contributed by atoms with Crippen molar-refractivity contribution in [3.63, 3.8) is 0 Å². The molecule has 2 aromatic heterocycles. The molecule has 0 fully saturated rings. The minimum atomic E-state index is 0.710. The van der Waals surface area contributed by atoms with Crippen molar-refractivity contribution in [3.8, 4) is 11.3 Å². The van der Waals surface area contributed by atoms with Gasteiger partial charge in [-0.3, -0.25) is 4.40 Å². The first kappa shape index (κ1) is 9.42. The Morgan fingerprint density at radius 2 is 2.25 bits per heavy atom. The number of nitrogen functional groups attached to an aromatic ring is 1. The molecule has 16 heavy (non-hydrogen) atoms. The van der Waals surface area contributed by atoms with Crippen molar-refractivity contribution in [3.05, 3.63) is 41.4 Å². The molecule has 0 saturated heterocycles. The number of nitrogens with zero attached hydrogens (tertiary/aromatic N) is 2. The van der Waals surface area contributed by atoms with E-state index in [0.717, 1.165) is 16.2 Å². The maximum atomic E-state index is 6.07. The van der Waals surface area contributed by atoms with Crippen LogP contribution in [-0.2, 0) is 0 Å². The number of rotatable bonds is 1. The fourth-order valence-electron chi connectivity index (χ4n) is 1.81. The summed E-state index contributed by atoms with van der Waals surface area (Å²) in [6.07, 6.45) is 1.95. The average Bonchev–Trinajstić information content (AvgIpc) is 2.82. The predicted molar refractivity (Wildman–Crippen MR) is 67.7 cm³/mol. The summed E-state index contributed by atoms with van der Waals surface area (Å²) in [4.78, 5) is 5.48. The largest absolute Gasteiger partial charge is 0.383 e. The van der Waals surface area contributed by atoms with Crippen LogP contribution in [0, 0.1) is 6.92 Å². The smallest absolute Gasteiger partial charge is 0.195 e. The Balaban J connectivity index is 2.25. The number of anilines is 1. The van der Waals surface area contributed by atoms with Crippen molar-refractivity contribution >= 4 is 22.1 Å². The molecule has 3 rings (SSSR count). The molecule has 2 N–H and O–H groups in total. The summed E-state index contributed by atoms with van der Waals surface area (Å²) in [6.45, 7) is 2.07. The molecule has 0 amide bonds. The van der Waals surface area contributed by atoms with Crippen LogP contribution in [0.5, 0.6) is 0 Å². The number of aryl methyl sites for hydroxylation is 1. The lowest BCUT2D eigenvalue weighted by molar-refractivity contribution is 1.24. The third-order valence-corrected chi connectivity index (χ3v) is 3.35. The van der Waals surface area contributed by atoms with Gasteiger partial charge in [-0.05, 0) is 13.0 Å². The van der Waals surface area contributed by atoms with E-state index < -0.39 is 0 Å². The van der Waals surface area contributed by atoms with Gasteiger partial charge in [-0.15, -0.1) is 11.3 Å². The van der Waals surface area contributed by atoms with Crippen LogP contribution >= 0.6 is 11.3 Å². The molecular formula is C12H11N3S. The highest BCUT2D eigenvalue weighted by Crippen LogP contribution is 2.28. The van der Waals surface area contributed by atoms with E-state index in [1.165, 1.54) is 5.56 Å². The molecule has 0 aliphatic rings. The highest BCUT2D eigenvalue weighted by atomic mass is 32.1.